The number of nitrogens with zero attached hydrogens (tertiary/aromatic N) is 2. The van der Waals surface area contributed by atoms with Gasteiger partial charge in [-0.05, 0) is 24.4 Å². The maximum Gasteiger partial charge on any atom is 0.138 e. The van der Waals surface area contributed by atoms with E-state index in [4.69, 9.17) is 4.74 Å². The van der Waals surface area contributed by atoms with Crippen molar-refractivity contribution in [1.82, 2.24) is 9.97 Å². The quantitative estimate of drug-likeness (QED) is 0.524. The minimum Gasteiger partial charge on any atom is -0.492 e. The van der Waals surface area contributed by atoms with Gasteiger partial charge in [-0.1, -0.05) is 24.8 Å². The summed E-state index contributed by atoms with van der Waals surface area (Å²) in [6.45, 7) is 6.45. The van der Waals surface area contributed by atoms with Gasteiger partial charge in [-0.25, -0.2) is 0 Å². The van der Waals surface area contributed by atoms with Crippen LogP contribution in [0.4, 0.5) is 0 Å². The smallest absolute Gasteiger partial charge is 0.138 e. The van der Waals surface area contributed by atoms with Crippen molar-refractivity contribution in [3.8, 4) is 0 Å². The summed E-state index contributed by atoms with van der Waals surface area (Å²) in [7, 11) is 0. The van der Waals surface area contributed by atoms with Crippen LogP contribution in [0.25, 0.3) is 27.4 Å². The molecule has 1 aromatic carbocycles. The number of fused-ring (bicyclic) bond motifs is 3. The zero-order valence-electron chi connectivity index (χ0n) is 10.8. The van der Waals surface area contributed by atoms with Crippen molar-refractivity contribution < 1.29 is 4.74 Å². The van der Waals surface area contributed by atoms with Gasteiger partial charge in [0.1, 0.15) is 11.5 Å². The van der Waals surface area contributed by atoms with Crippen molar-refractivity contribution in [1.29, 1.82) is 0 Å². The Bertz CT molecular complexity index is 765. The third-order valence-corrected chi connectivity index (χ3v) is 3.10. The molecule has 3 nitrogen and oxygen atoms in total. The van der Waals surface area contributed by atoms with Gasteiger partial charge in [-0.3, -0.25) is 9.97 Å². The highest BCUT2D eigenvalue weighted by Crippen LogP contribution is 2.27. The van der Waals surface area contributed by atoms with Crippen LogP contribution in [0.5, 0.6) is 0 Å². The number of ether oxygens (including phenoxy) is 1. The molecule has 0 saturated carbocycles. The van der Waals surface area contributed by atoms with Crippen LogP contribution < -0.4 is 0 Å². The first-order valence-electron chi connectivity index (χ1n) is 6.26. The largest absolute Gasteiger partial charge is 0.492 e. The fourth-order valence-electron chi connectivity index (χ4n) is 2.25. The Morgan fingerprint density at radius 1 is 1.11 bits per heavy atom. The summed E-state index contributed by atoms with van der Waals surface area (Å²) in [6.07, 6.45) is 3.62. The van der Waals surface area contributed by atoms with E-state index in [2.05, 4.69) is 22.6 Å². The summed E-state index contributed by atoms with van der Waals surface area (Å²) in [5.41, 5.74) is 1.74. The number of hydrogen-bond donors (Lipinski definition) is 0. The second kappa shape index (κ2) is 4.69. The van der Waals surface area contributed by atoms with E-state index in [1.807, 2.05) is 37.4 Å². The van der Waals surface area contributed by atoms with E-state index in [1.165, 1.54) is 0 Å². The van der Waals surface area contributed by atoms with Crippen LogP contribution in [-0.2, 0) is 4.74 Å². The Balaban J connectivity index is 2.32. The van der Waals surface area contributed by atoms with E-state index in [0.29, 0.717) is 12.4 Å². The Kier molecular flexibility index (Phi) is 2.88. The Labute approximate surface area is 111 Å². The number of aromatic nitrogens is 2. The normalized spacial score (nSPS) is 10.8. The average molecular weight is 250 g/mol. The van der Waals surface area contributed by atoms with Gasteiger partial charge in [0.05, 0.1) is 12.1 Å². The minimum absolute atomic E-state index is 0.581. The standard InChI is InChI=1S/C16H14N2O/c1-3-19-11(2)16-14-10-18-15-7-5-4-6-13(15)12(14)8-9-17-16/h4-10H,2-3H2,1H3. The molecule has 0 spiro atoms. The van der Waals surface area contributed by atoms with Gasteiger partial charge < -0.3 is 4.74 Å². The lowest BCUT2D eigenvalue weighted by molar-refractivity contribution is 0.298. The number of pyridine rings is 2. The molecule has 0 unspecified atom stereocenters. The van der Waals surface area contributed by atoms with Crippen LogP contribution >= 0.6 is 0 Å². The van der Waals surface area contributed by atoms with E-state index in [-0.39, 0.29) is 0 Å². The molecule has 0 radical (unpaired) electrons. The van der Waals surface area contributed by atoms with Gasteiger partial charge in [0.25, 0.3) is 0 Å². The zero-order valence-corrected chi connectivity index (χ0v) is 10.8. The van der Waals surface area contributed by atoms with E-state index >= 15 is 0 Å². The Hall–Kier alpha value is -2.42. The SMILES string of the molecule is C=C(OCC)c1nccc2c1cnc1ccccc12. The highest BCUT2D eigenvalue weighted by atomic mass is 16.5. The molecule has 3 rings (SSSR count). The van der Waals surface area contributed by atoms with Gasteiger partial charge in [-0.15, -0.1) is 0 Å². The van der Waals surface area contributed by atoms with Crippen molar-refractivity contribution in [2.75, 3.05) is 6.61 Å². The van der Waals surface area contributed by atoms with E-state index in [0.717, 1.165) is 27.4 Å². The lowest BCUT2D eigenvalue weighted by atomic mass is 10.1. The van der Waals surface area contributed by atoms with Crippen molar-refractivity contribution in [2.45, 2.75) is 6.92 Å². The molecular formula is C16H14N2O. The maximum atomic E-state index is 5.46. The molecule has 19 heavy (non-hydrogen) atoms. The first-order chi connectivity index (χ1) is 9.31. The number of benzene rings is 1. The van der Waals surface area contributed by atoms with Crippen LogP contribution in [0.2, 0.25) is 0 Å². The molecule has 2 aromatic heterocycles. The predicted octanol–water partition coefficient (Wildman–Crippen LogP) is 3.79. The van der Waals surface area contributed by atoms with E-state index < -0.39 is 0 Å². The summed E-state index contributed by atoms with van der Waals surface area (Å²) in [4.78, 5) is 8.84. The lowest BCUT2D eigenvalue weighted by Crippen LogP contribution is -1.95. The molecule has 0 aliphatic carbocycles. The Morgan fingerprint density at radius 3 is 2.79 bits per heavy atom. The van der Waals surface area contributed by atoms with Crippen LogP contribution in [-0.4, -0.2) is 16.6 Å². The number of rotatable bonds is 3. The van der Waals surface area contributed by atoms with Gasteiger partial charge in [-0.2, -0.15) is 0 Å². The van der Waals surface area contributed by atoms with Gasteiger partial charge in [0.2, 0.25) is 0 Å². The molecule has 0 saturated heterocycles. The van der Waals surface area contributed by atoms with Crippen molar-refractivity contribution >= 4 is 27.4 Å². The second-order valence-electron chi connectivity index (χ2n) is 4.25. The highest BCUT2D eigenvalue weighted by Gasteiger charge is 2.09. The summed E-state index contributed by atoms with van der Waals surface area (Å²) in [5, 5.41) is 3.21. The van der Waals surface area contributed by atoms with Crippen molar-refractivity contribution in [2.24, 2.45) is 0 Å². The summed E-state index contributed by atoms with van der Waals surface area (Å²) < 4.78 is 5.46. The molecule has 0 aliphatic heterocycles. The maximum absolute atomic E-state index is 5.46. The van der Waals surface area contributed by atoms with E-state index in [1.54, 1.807) is 6.20 Å². The third-order valence-electron chi connectivity index (χ3n) is 3.10. The van der Waals surface area contributed by atoms with Gasteiger partial charge in [0.15, 0.2) is 0 Å². The average Bonchev–Trinajstić information content (AvgIpc) is 2.46. The summed E-state index contributed by atoms with van der Waals surface area (Å²) in [6, 6.07) is 10.1. The first kappa shape index (κ1) is 11.7. The molecule has 2 heterocycles. The van der Waals surface area contributed by atoms with Crippen molar-refractivity contribution in [3.63, 3.8) is 0 Å². The third kappa shape index (κ3) is 1.93. The molecule has 0 amide bonds. The zero-order chi connectivity index (χ0) is 13.2. The first-order valence-corrected chi connectivity index (χ1v) is 6.26. The monoisotopic (exact) mass is 250 g/mol. The number of hydrogen-bond acceptors (Lipinski definition) is 3. The molecule has 0 fully saturated rings. The fraction of sp³-hybridized carbons (Fsp3) is 0.125. The molecule has 0 bridgehead atoms. The molecule has 3 heteroatoms. The van der Waals surface area contributed by atoms with Gasteiger partial charge >= 0.3 is 0 Å². The van der Waals surface area contributed by atoms with Crippen molar-refractivity contribution in [3.05, 3.63) is 55.0 Å². The number of para-hydroxylation sites is 1. The van der Waals surface area contributed by atoms with Gasteiger partial charge in [0, 0.05) is 23.2 Å². The second-order valence-corrected chi connectivity index (χ2v) is 4.25. The predicted molar refractivity (Wildman–Crippen MR) is 77.7 cm³/mol. The molecule has 3 aromatic rings. The summed E-state index contributed by atoms with van der Waals surface area (Å²) in [5.74, 6) is 0.588. The molecule has 0 atom stereocenters. The molecular weight excluding hydrogens is 236 g/mol. The Morgan fingerprint density at radius 2 is 1.95 bits per heavy atom. The molecule has 0 N–H and O–H groups in total. The topological polar surface area (TPSA) is 35.0 Å². The minimum atomic E-state index is 0.581. The lowest BCUT2D eigenvalue weighted by Gasteiger charge is -2.10. The molecule has 94 valence electrons. The fourth-order valence-corrected chi connectivity index (χ4v) is 2.25. The van der Waals surface area contributed by atoms with E-state index in [9.17, 15) is 0 Å². The van der Waals surface area contributed by atoms with Crippen LogP contribution in [0.15, 0.2) is 49.3 Å². The highest BCUT2D eigenvalue weighted by molar-refractivity contribution is 6.07. The van der Waals surface area contributed by atoms with Crippen LogP contribution in [0.1, 0.15) is 12.6 Å². The summed E-state index contributed by atoms with van der Waals surface area (Å²) >= 11 is 0. The van der Waals surface area contributed by atoms with Crippen LogP contribution in [0.3, 0.4) is 0 Å². The van der Waals surface area contributed by atoms with Crippen LogP contribution in [0, 0.1) is 0 Å². The molecule has 0 aliphatic rings.